The molecule has 2 aromatic carbocycles. The summed E-state index contributed by atoms with van der Waals surface area (Å²) >= 11 is 0. The Kier molecular flexibility index (Phi) is 4.00. The average Bonchev–Trinajstić information content (AvgIpc) is 3.06. The van der Waals surface area contributed by atoms with Gasteiger partial charge in [0.25, 0.3) is 0 Å². The van der Waals surface area contributed by atoms with Crippen molar-refractivity contribution < 1.29 is 17.9 Å². The molecule has 0 radical (unpaired) electrons. The van der Waals surface area contributed by atoms with Crippen LogP contribution in [0.1, 0.15) is 12.0 Å². The highest BCUT2D eigenvalue weighted by Gasteiger charge is 2.47. The highest BCUT2D eigenvalue weighted by atomic mass is 32.2. The van der Waals surface area contributed by atoms with E-state index in [9.17, 15) is 13.2 Å². The van der Waals surface area contributed by atoms with Gasteiger partial charge in [-0.15, -0.1) is 0 Å². The Morgan fingerprint density at radius 1 is 1.08 bits per heavy atom. The summed E-state index contributed by atoms with van der Waals surface area (Å²) in [5.41, 5.74) is 1.63. The van der Waals surface area contributed by atoms with Crippen molar-refractivity contribution in [1.82, 2.24) is 4.31 Å². The molecule has 6 nitrogen and oxygen atoms in total. The van der Waals surface area contributed by atoms with Crippen LogP contribution < -0.4 is 9.64 Å². The van der Waals surface area contributed by atoms with E-state index >= 15 is 0 Å². The number of carbonyl (C=O) groups is 1. The third-order valence-electron chi connectivity index (χ3n) is 4.98. The SMILES string of the molecule is Cc1ccc(S(=O)(=O)N2C[C@@H]3C[C@H]2C(=O)N(C)c2ccccc2O3)cc1. The first-order chi connectivity index (χ1) is 12.4. The van der Waals surface area contributed by atoms with E-state index in [1.165, 1.54) is 9.21 Å². The minimum absolute atomic E-state index is 0.161. The van der Waals surface area contributed by atoms with E-state index in [1.54, 1.807) is 43.4 Å². The second-order valence-corrected chi connectivity index (χ2v) is 8.63. The number of hydrogen-bond donors (Lipinski definition) is 0. The van der Waals surface area contributed by atoms with Crippen LogP contribution in [0.3, 0.4) is 0 Å². The maximum atomic E-state index is 13.1. The summed E-state index contributed by atoms with van der Waals surface area (Å²) in [4.78, 5) is 14.7. The van der Waals surface area contributed by atoms with Gasteiger partial charge in [0.05, 0.1) is 17.1 Å². The van der Waals surface area contributed by atoms with Crippen LogP contribution in [0.4, 0.5) is 5.69 Å². The lowest BCUT2D eigenvalue weighted by molar-refractivity contribution is -0.121. The fourth-order valence-corrected chi connectivity index (χ4v) is 5.17. The Bertz CT molecular complexity index is 956. The number of hydrogen-bond acceptors (Lipinski definition) is 4. The number of likely N-dealkylation sites (N-methyl/N-ethyl adjacent to an activating group) is 1. The second kappa shape index (κ2) is 6.10. The molecule has 0 spiro atoms. The summed E-state index contributed by atoms with van der Waals surface area (Å²) in [6.45, 7) is 2.06. The molecule has 0 N–H and O–H groups in total. The molecule has 1 amide bonds. The Hall–Kier alpha value is -2.38. The predicted molar refractivity (Wildman–Crippen MR) is 97.7 cm³/mol. The van der Waals surface area contributed by atoms with E-state index in [0.29, 0.717) is 17.9 Å². The van der Waals surface area contributed by atoms with Crippen LogP contribution >= 0.6 is 0 Å². The zero-order chi connectivity index (χ0) is 18.5. The number of fused-ring (bicyclic) bond motifs is 3. The first-order valence-corrected chi connectivity index (χ1v) is 9.94. The first-order valence-electron chi connectivity index (χ1n) is 8.49. The topological polar surface area (TPSA) is 66.9 Å². The Balaban J connectivity index is 1.74. The van der Waals surface area contributed by atoms with Crippen molar-refractivity contribution in [3.63, 3.8) is 0 Å². The van der Waals surface area contributed by atoms with Crippen molar-refractivity contribution in [2.24, 2.45) is 0 Å². The second-order valence-electron chi connectivity index (χ2n) is 6.74. The summed E-state index contributed by atoms with van der Waals surface area (Å²) in [5, 5.41) is 0. The molecule has 0 aliphatic carbocycles. The third kappa shape index (κ3) is 2.68. The zero-order valence-corrected chi connectivity index (χ0v) is 15.4. The fraction of sp³-hybridized carbons (Fsp3) is 0.316. The van der Waals surface area contributed by atoms with Crippen molar-refractivity contribution in [3.8, 4) is 5.75 Å². The Morgan fingerprint density at radius 2 is 1.77 bits per heavy atom. The number of ether oxygens (including phenoxy) is 1. The number of para-hydroxylation sites is 2. The molecule has 2 aliphatic heterocycles. The van der Waals surface area contributed by atoms with Crippen LogP contribution in [-0.2, 0) is 14.8 Å². The van der Waals surface area contributed by atoms with Gasteiger partial charge in [0.2, 0.25) is 15.9 Å². The summed E-state index contributed by atoms with van der Waals surface area (Å²) < 4.78 is 33.6. The van der Waals surface area contributed by atoms with Gasteiger partial charge in [-0.1, -0.05) is 29.8 Å². The van der Waals surface area contributed by atoms with Crippen LogP contribution in [0.2, 0.25) is 0 Å². The van der Waals surface area contributed by atoms with E-state index in [4.69, 9.17) is 4.74 Å². The molecular weight excluding hydrogens is 352 g/mol. The highest BCUT2D eigenvalue weighted by molar-refractivity contribution is 7.89. The molecule has 2 aliphatic rings. The standard InChI is InChI=1S/C19H20N2O4S/c1-13-7-9-15(10-8-13)26(23,24)21-12-14-11-17(21)19(22)20(2)16-5-3-4-6-18(16)25-14/h3-10,14,17H,11-12H2,1-2H3/t14-,17-/m0/s1. The number of amides is 1. The third-order valence-corrected chi connectivity index (χ3v) is 6.87. The van der Waals surface area contributed by atoms with E-state index in [-0.39, 0.29) is 23.5 Å². The quantitative estimate of drug-likeness (QED) is 0.810. The number of aryl methyl sites for hydroxylation is 1. The highest BCUT2D eigenvalue weighted by Crippen LogP contribution is 2.37. The molecule has 0 unspecified atom stereocenters. The molecule has 4 rings (SSSR count). The fourth-order valence-electron chi connectivity index (χ4n) is 3.55. The monoisotopic (exact) mass is 372 g/mol. The molecule has 136 valence electrons. The summed E-state index contributed by atoms with van der Waals surface area (Å²) in [5.74, 6) is 0.361. The molecule has 2 aromatic rings. The van der Waals surface area contributed by atoms with Gasteiger partial charge < -0.3 is 9.64 Å². The van der Waals surface area contributed by atoms with Crippen LogP contribution in [0, 0.1) is 6.92 Å². The Morgan fingerprint density at radius 3 is 2.50 bits per heavy atom. The molecule has 26 heavy (non-hydrogen) atoms. The van der Waals surface area contributed by atoms with Crippen molar-refractivity contribution in [3.05, 3.63) is 54.1 Å². The predicted octanol–water partition coefficient (Wildman–Crippen LogP) is 2.18. The lowest BCUT2D eigenvalue weighted by Gasteiger charge is -2.28. The lowest BCUT2D eigenvalue weighted by Crippen LogP contribution is -2.46. The van der Waals surface area contributed by atoms with E-state index in [1.807, 2.05) is 19.1 Å². The van der Waals surface area contributed by atoms with Crippen molar-refractivity contribution in [2.45, 2.75) is 30.4 Å². The van der Waals surface area contributed by atoms with E-state index in [2.05, 4.69) is 0 Å². The minimum Gasteiger partial charge on any atom is -0.487 e. The van der Waals surface area contributed by atoms with Gasteiger partial charge in [-0.05, 0) is 31.2 Å². The van der Waals surface area contributed by atoms with Gasteiger partial charge in [0, 0.05) is 13.5 Å². The largest absolute Gasteiger partial charge is 0.487 e. The van der Waals surface area contributed by atoms with Gasteiger partial charge >= 0.3 is 0 Å². The molecule has 1 saturated heterocycles. The number of sulfonamides is 1. The summed E-state index contributed by atoms with van der Waals surface area (Å²) in [6.07, 6.45) is 0.00167. The van der Waals surface area contributed by atoms with Crippen LogP contribution in [0.15, 0.2) is 53.4 Å². The molecule has 0 saturated carbocycles. The van der Waals surface area contributed by atoms with Crippen molar-refractivity contribution >= 4 is 21.6 Å². The lowest BCUT2D eigenvalue weighted by atomic mass is 10.1. The van der Waals surface area contributed by atoms with Gasteiger partial charge in [-0.3, -0.25) is 4.79 Å². The molecular formula is C19H20N2O4S. The summed E-state index contributed by atoms with van der Waals surface area (Å²) in [6, 6.07) is 13.2. The average molecular weight is 372 g/mol. The van der Waals surface area contributed by atoms with Crippen molar-refractivity contribution in [1.29, 1.82) is 0 Å². The number of carbonyl (C=O) groups excluding carboxylic acids is 1. The normalized spacial score (nSPS) is 23.2. The van der Waals surface area contributed by atoms with E-state index < -0.39 is 16.1 Å². The van der Waals surface area contributed by atoms with Gasteiger partial charge in [-0.2, -0.15) is 4.31 Å². The molecule has 7 heteroatoms. The summed E-state index contributed by atoms with van der Waals surface area (Å²) in [7, 11) is -2.13. The van der Waals surface area contributed by atoms with Gasteiger partial charge in [0.1, 0.15) is 17.9 Å². The van der Waals surface area contributed by atoms with Crippen molar-refractivity contribution in [2.75, 3.05) is 18.5 Å². The number of nitrogens with zero attached hydrogens (tertiary/aromatic N) is 2. The molecule has 2 bridgehead atoms. The smallest absolute Gasteiger partial charge is 0.245 e. The minimum atomic E-state index is -3.78. The van der Waals surface area contributed by atoms with E-state index in [0.717, 1.165) is 5.56 Å². The van der Waals surface area contributed by atoms with Gasteiger partial charge in [0.15, 0.2) is 0 Å². The maximum Gasteiger partial charge on any atom is 0.245 e. The number of rotatable bonds is 2. The van der Waals surface area contributed by atoms with Crippen LogP contribution in [-0.4, -0.2) is 44.4 Å². The number of benzene rings is 2. The molecule has 1 fully saturated rings. The maximum absolute atomic E-state index is 13.1. The number of anilines is 1. The molecule has 2 heterocycles. The van der Waals surface area contributed by atoms with Crippen LogP contribution in [0.25, 0.3) is 0 Å². The first kappa shape index (κ1) is 17.1. The molecule has 2 atom stereocenters. The Labute approximate surface area is 153 Å². The van der Waals surface area contributed by atoms with Gasteiger partial charge in [-0.25, -0.2) is 8.42 Å². The zero-order valence-electron chi connectivity index (χ0n) is 14.6. The van der Waals surface area contributed by atoms with Crippen LogP contribution in [0.5, 0.6) is 5.75 Å². The molecule has 0 aromatic heterocycles.